The molecule has 0 atom stereocenters. The van der Waals surface area contributed by atoms with Gasteiger partial charge in [0.05, 0.1) is 0 Å². The van der Waals surface area contributed by atoms with Crippen LogP contribution in [0.4, 0.5) is 0 Å². The SMILES string of the molecule is C1CCC(NC2CCCCC2)CC1.O=C(O)C(NCc1cccs1)(c1ccccc1)c1ccccc1. The molecule has 0 amide bonds. The Kier molecular flexibility index (Phi) is 10.1. The molecule has 3 aromatic rings. The minimum Gasteiger partial charge on any atom is -0.479 e. The Morgan fingerprint density at radius 1 is 0.750 bits per heavy atom. The Bertz CT molecular complexity index is 956. The van der Waals surface area contributed by atoms with E-state index in [1.54, 1.807) is 11.3 Å². The summed E-state index contributed by atoms with van der Waals surface area (Å²) in [5, 5.41) is 19.2. The lowest BCUT2D eigenvalue weighted by molar-refractivity contribution is -0.143. The number of hydrogen-bond acceptors (Lipinski definition) is 4. The van der Waals surface area contributed by atoms with Crippen LogP contribution < -0.4 is 10.6 Å². The number of carbonyl (C=O) groups is 1. The van der Waals surface area contributed by atoms with Crippen LogP contribution in [0.25, 0.3) is 0 Å². The second-order valence-corrected chi connectivity index (χ2v) is 11.1. The summed E-state index contributed by atoms with van der Waals surface area (Å²) in [6.45, 7) is 0.494. The molecule has 2 saturated carbocycles. The fourth-order valence-corrected chi connectivity index (χ4v) is 6.22. The second-order valence-electron chi connectivity index (χ2n) is 10.1. The van der Waals surface area contributed by atoms with Gasteiger partial charge in [-0.1, -0.05) is 105 Å². The normalized spacial score (nSPS) is 17.2. The molecule has 192 valence electrons. The third-order valence-electron chi connectivity index (χ3n) is 7.52. The lowest BCUT2D eigenvalue weighted by Crippen LogP contribution is -2.49. The molecule has 0 spiro atoms. The van der Waals surface area contributed by atoms with Gasteiger partial charge in [0.1, 0.15) is 0 Å². The number of carboxylic acid groups (broad SMARTS) is 1. The van der Waals surface area contributed by atoms with Gasteiger partial charge in [0.25, 0.3) is 0 Å². The summed E-state index contributed by atoms with van der Waals surface area (Å²) < 4.78 is 0. The van der Waals surface area contributed by atoms with Gasteiger partial charge in [-0.2, -0.15) is 0 Å². The van der Waals surface area contributed by atoms with E-state index >= 15 is 0 Å². The van der Waals surface area contributed by atoms with Crippen LogP contribution in [0, 0.1) is 0 Å². The standard InChI is InChI=1S/C19H17NO2S.C12H23N/c21-18(22)19(15-8-3-1-4-9-15,16-10-5-2-6-11-16)20-14-17-12-7-13-23-17;1-3-7-11(8-4-1)13-12-9-5-2-6-10-12/h1-13,20H,14H2,(H,21,22);11-13H,1-10H2. The van der Waals surface area contributed by atoms with Crippen LogP contribution in [0.2, 0.25) is 0 Å². The highest BCUT2D eigenvalue weighted by molar-refractivity contribution is 7.09. The average molecular weight is 505 g/mol. The number of rotatable bonds is 8. The zero-order valence-corrected chi connectivity index (χ0v) is 22.0. The van der Waals surface area contributed by atoms with Crippen LogP contribution in [0.5, 0.6) is 0 Å². The van der Waals surface area contributed by atoms with Crippen molar-refractivity contribution in [3.8, 4) is 0 Å². The van der Waals surface area contributed by atoms with Gasteiger partial charge in [-0.25, -0.2) is 4.79 Å². The highest BCUT2D eigenvalue weighted by atomic mass is 32.1. The molecule has 5 rings (SSSR count). The van der Waals surface area contributed by atoms with Crippen molar-refractivity contribution in [2.75, 3.05) is 0 Å². The van der Waals surface area contributed by atoms with Crippen LogP contribution in [0.3, 0.4) is 0 Å². The average Bonchev–Trinajstić information content (AvgIpc) is 3.46. The van der Waals surface area contributed by atoms with Crippen molar-refractivity contribution >= 4 is 17.3 Å². The van der Waals surface area contributed by atoms with Crippen LogP contribution in [0.1, 0.15) is 80.2 Å². The van der Waals surface area contributed by atoms with E-state index in [0.29, 0.717) is 6.54 Å². The van der Waals surface area contributed by atoms with Crippen molar-refractivity contribution < 1.29 is 9.90 Å². The van der Waals surface area contributed by atoms with Gasteiger partial charge in [-0.05, 0) is 48.3 Å². The predicted molar refractivity (Wildman–Crippen MR) is 149 cm³/mol. The van der Waals surface area contributed by atoms with Crippen LogP contribution in [-0.2, 0) is 16.9 Å². The first-order valence-corrected chi connectivity index (χ1v) is 14.4. The molecule has 2 aliphatic carbocycles. The van der Waals surface area contributed by atoms with E-state index in [-0.39, 0.29) is 0 Å². The number of nitrogens with one attached hydrogen (secondary N) is 2. The first-order valence-electron chi connectivity index (χ1n) is 13.6. The van der Waals surface area contributed by atoms with E-state index in [1.807, 2.05) is 78.2 Å². The molecule has 0 aliphatic heterocycles. The Balaban J connectivity index is 0.000000197. The minimum absolute atomic E-state index is 0.494. The summed E-state index contributed by atoms with van der Waals surface area (Å²) in [6, 6.07) is 24.3. The second kappa shape index (κ2) is 13.7. The molecule has 2 fully saturated rings. The molecule has 0 saturated heterocycles. The lowest BCUT2D eigenvalue weighted by atomic mass is 9.82. The third kappa shape index (κ3) is 7.06. The molecular formula is C31H40N2O2S. The van der Waals surface area contributed by atoms with Crippen molar-refractivity contribution in [3.05, 3.63) is 94.2 Å². The lowest BCUT2D eigenvalue weighted by Gasteiger charge is -2.31. The molecule has 2 aliphatic rings. The van der Waals surface area contributed by atoms with Crippen molar-refractivity contribution in [2.45, 2.75) is 88.4 Å². The molecule has 2 aromatic carbocycles. The maximum Gasteiger partial charge on any atom is 0.333 e. The molecule has 4 nitrogen and oxygen atoms in total. The number of thiophene rings is 1. The van der Waals surface area contributed by atoms with Crippen molar-refractivity contribution in [3.63, 3.8) is 0 Å². The van der Waals surface area contributed by atoms with Crippen LogP contribution in [-0.4, -0.2) is 23.2 Å². The topological polar surface area (TPSA) is 61.4 Å². The molecule has 0 radical (unpaired) electrons. The number of benzene rings is 2. The summed E-state index contributed by atoms with van der Waals surface area (Å²) in [6.07, 6.45) is 14.6. The Morgan fingerprint density at radius 2 is 1.25 bits per heavy atom. The first kappa shape index (κ1) is 26.6. The Labute approximate surface area is 220 Å². The van der Waals surface area contributed by atoms with Crippen molar-refractivity contribution in [1.82, 2.24) is 10.6 Å². The molecule has 36 heavy (non-hydrogen) atoms. The summed E-state index contributed by atoms with van der Waals surface area (Å²) in [5.74, 6) is -0.911. The molecule has 1 heterocycles. The fourth-order valence-electron chi connectivity index (χ4n) is 5.57. The van der Waals surface area contributed by atoms with Crippen LogP contribution in [0.15, 0.2) is 78.2 Å². The summed E-state index contributed by atoms with van der Waals surface area (Å²) in [7, 11) is 0. The maximum absolute atomic E-state index is 12.3. The zero-order valence-electron chi connectivity index (χ0n) is 21.2. The van der Waals surface area contributed by atoms with E-state index in [4.69, 9.17) is 0 Å². The highest BCUT2D eigenvalue weighted by Gasteiger charge is 2.41. The van der Waals surface area contributed by atoms with E-state index in [1.165, 1.54) is 64.2 Å². The minimum atomic E-state index is -1.27. The van der Waals surface area contributed by atoms with Gasteiger partial charge in [0.2, 0.25) is 0 Å². The maximum atomic E-state index is 12.3. The highest BCUT2D eigenvalue weighted by Crippen LogP contribution is 2.31. The first-order chi connectivity index (χ1) is 17.7. The molecular weight excluding hydrogens is 464 g/mol. The van der Waals surface area contributed by atoms with E-state index in [9.17, 15) is 9.90 Å². The summed E-state index contributed by atoms with van der Waals surface area (Å²) in [4.78, 5) is 13.4. The van der Waals surface area contributed by atoms with Crippen molar-refractivity contribution in [2.24, 2.45) is 0 Å². The monoisotopic (exact) mass is 504 g/mol. The van der Waals surface area contributed by atoms with E-state index < -0.39 is 11.5 Å². The van der Waals surface area contributed by atoms with Gasteiger partial charge in [0.15, 0.2) is 5.54 Å². The van der Waals surface area contributed by atoms with Crippen molar-refractivity contribution in [1.29, 1.82) is 0 Å². The van der Waals surface area contributed by atoms with E-state index in [2.05, 4.69) is 10.6 Å². The van der Waals surface area contributed by atoms with Gasteiger partial charge >= 0.3 is 5.97 Å². The number of carboxylic acids is 1. The van der Waals surface area contributed by atoms with Gasteiger partial charge in [-0.3, -0.25) is 5.32 Å². The van der Waals surface area contributed by atoms with Gasteiger partial charge in [0, 0.05) is 23.5 Å². The number of aliphatic carboxylic acids is 1. The summed E-state index contributed by atoms with van der Waals surface area (Å²) in [5.41, 5.74) is 0.164. The molecule has 0 bridgehead atoms. The molecule has 3 N–H and O–H groups in total. The Morgan fingerprint density at radius 3 is 1.67 bits per heavy atom. The summed E-state index contributed by atoms with van der Waals surface area (Å²) >= 11 is 1.61. The Hall–Kier alpha value is -2.47. The zero-order chi connectivity index (χ0) is 25.1. The smallest absolute Gasteiger partial charge is 0.333 e. The largest absolute Gasteiger partial charge is 0.479 e. The third-order valence-corrected chi connectivity index (χ3v) is 8.40. The van der Waals surface area contributed by atoms with Gasteiger partial charge < -0.3 is 10.4 Å². The molecule has 1 aromatic heterocycles. The van der Waals surface area contributed by atoms with Gasteiger partial charge in [-0.15, -0.1) is 11.3 Å². The number of hydrogen-bond donors (Lipinski definition) is 3. The fraction of sp³-hybridized carbons (Fsp3) is 0.452. The van der Waals surface area contributed by atoms with Crippen LogP contribution >= 0.6 is 11.3 Å². The quantitative estimate of drug-likeness (QED) is 0.306. The van der Waals surface area contributed by atoms with E-state index in [0.717, 1.165) is 28.1 Å². The molecule has 5 heteroatoms. The predicted octanol–water partition coefficient (Wildman–Crippen LogP) is 7.11. The molecule has 0 unspecified atom stereocenters.